The lowest BCUT2D eigenvalue weighted by Gasteiger charge is -2.45. The summed E-state index contributed by atoms with van der Waals surface area (Å²) in [6, 6.07) is 0. The fraction of sp³-hybridized carbons (Fsp3) is 0.917. The van der Waals surface area contributed by atoms with Crippen LogP contribution >= 0.6 is 0 Å². The largest absolute Gasteiger partial charge is 0.481 e. The molecule has 94 valence electrons. The van der Waals surface area contributed by atoms with Gasteiger partial charge in [0.1, 0.15) is 0 Å². The summed E-state index contributed by atoms with van der Waals surface area (Å²) < 4.78 is 0. The standard InChI is InChI=1S/C12H24N2O2/c1-12(2)9-10(11(15)16)5-6-14(12)8-7-13(3)4/h10H,5-9H2,1-4H3,(H,15,16). The molecule has 1 N–H and O–H groups in total. The SMILES string of the molecule is CN(C)CCN1CCC(C(=O)O)CC1(C)C. The van der Waals surface area contributed by atoms with Gasteiger partial charge in [-0.25, -0.2) is 0 Å². The van der Waals surface area contributed by atoms with E-state index in [2.05, 4.69) is 37.7 Å². The summed E-state index contributed by atoms with van der Waals surface area (Å²) >= 11 is 0. The van der Waals surface area contributed by atoms with Crippen LogP contribution in [0.4, 0.5) is 0 Å². The van der Waals surface area contributed by atoms with E-state index in [4.69, 9.17) is 5.11 Å². The topological polar surface area (TPSA) is 43.8 Å². The second-order valence-electron chi connectivity index (χ2n) is 5.63. The molecule has 4 nitrogen and oxygen atoms in total. The predicted molar refractivity (Wildman–Crippen MR) is 64.6 cm³/mol. The Morgan fingerprint density at radius 2 is 2.12 bits per heavy atom. The van der Waals surface area contributed by atoms with Crippen molar-refractivity contribution in [3.05, 3.63) is 0 Å². The molecule has 1 atom stereocenters. The van der Waals surface area contributed by atoms with Gasteiger partial charge in [0.15, 0.2) is 0 Å². The zero-order valence-corrected chi connectivity index (χ0v) is 10.9. The van der Waals surface area contributed by atoms with Crippen molar-refractivity contribution < 1.29 is 9.90 Å². The summed E-state index contributed by atoms with van der Waals surface area (Å²) in [4.78, 5) is 15.6. The fourth-order valence-electron chi connectivity index (χ4n) is 2.39. The first-order chi connectivity index (χ1) is 7.33. The number of piperidine rings is 1. The molecule has 0 bridgehead atoms. The number of carboxylic acid groups (broad SMARTS) is 1. The van der Waals surface area contributed by atoms with Gasteiger partial charge >= 0.3 is 5.97 Å². The predicted octanol–water partition coefficient (Wildman–Crippen LogP) is 1.12. The molecule has 0 aromatic carbocycles. The van der Waals surface area contributed by atoms with E-state index in [1.54, 1.807) is 0 Å². The molecular weight excluding hydrogens is 204 g/mol. The zero-order chi connectivity index (χ0) is 12.3. The van der Waals surface area contributed by atoms with E-state index in [-0.39, 0.29) is 11.5 Å². The van der Waals surface area contributed by atoms with Gasteiger partial charge in [0.2, 0.25) is 0 Å². The molecule has 1 unspecified atom stereocenters. The summed E-state index contributed by atoms with van der Waals surface area (Å²) in [5, 5.41) is 9.05. The summed E-state index contributed by atoms with van der Waals surface area (Å²) in [6.07, 6.45) is 1.54. The van der Waals surface area contributed by atoms with Crippen molar-refractivity contribution in [2.24, 2.45) is 5.92 Å². The van der Waals surface area contributed by atoms with Gasteiger partial charge in [0.05, 0.1) is 5.92 Å². The van der Waals surface area contributed by atoms with Crippen LogP contribution in [0.15, 0.2) is 0 Å². The van der Waals surface area contributed by atoms with Crippen molar-refractivity contribution in [3.63, 3.8) is 0 Å². The van der Waals surface area contributed by atoms with E-state index in [9.17, 15) is 4.79 Å². The Morgan fingerprint density at radius 3 is 2.56 bits per heavy atom. The smallest absolute Gasteiger partial charge is 0.306 e. The van der Waals surface area contributed by atoms with Crippen LogP contribution in [-0.4, -0.2) is 60.1 Å². The molecule has 0 saturated carbocycles. The van der Waals surface area contributed by atoms with E-state index in [0.717, 1.165) is 32.5 Å². The normalized spacial score (nSPS) is 25.9. The highest BCUT2D eigenvalue weighted by molar-refractivity contribution is 5.70. The Morgan fingerprint density at radius 1 is 1.50 bits per heavy atom. The van der Waals surface area contributed by atoms with Crippen LogP contribution in [0.25, 0.3) is 0 Å². The summed E-state index contributed by atoms with van der Waals surface area (Å²) in [6.45, 7) is 7.25. The number of rotatable bonds is 4. The van der Waals surface area contributed by atoms with Crippen molar-refractivity contribution in [2.75, 3.05) is 33.7 Å². The molecular formula is C12H24N2O2. The minimum Gasteiger partial charge on any atom is -0.481 e. The second kappa shape index (κ2) is 5.15. The van der Waals surface area contributed by atoms with E-state index in [1.807, 2.05) is 0 Å². The summed E-state index contributed by atoms with van der Waals surface area (Å²) in [5.74, 6) is -0.800. The Balaban J connectivity index is 2.53. The Bertz CT molecular complexity index is 251. The maximum absolute atomic E-state index is 11.0. The molecule has 4 heteroatoms. The third-order valence-electron chi connectivity index (χ3n) is 3.52. The molecule has 1 fully saturated rings. The van der Waals surface area contributed by atoms with Crippen LogP contribution < -0.4 is 0 Å². The van der Waals surface area contributed by atoms with Gasteiger partial charge in [-0.15, -0.1) is 0 Å². The number of hydrogen-bond acceptors (Lipinski definition) is 3. The zero-order valence-electron chi connectivity index (χ0n) is 10.9. The van der Waals surface area contributed by atoms with Crippen molar-refractivity contribution in [2.45, 2.75) is 32.2 Å². The molecule has 1 heterocycles. The van der Waals surface area contributed by atoms with Crippen LogP contribution in [0, 0.1) is 5.92 Å². The molecule has 0 radical (unpaired) electrons. The average Bonchev–Trinajstić information content (AvgIpc) is 2.14. The van der Waals surface area contributed by atoms with Crippen LogP contribution in [-0.2, 0) is 4.79 Å². The van der Waals surface area contributed by atoms with Gasteiger partial charge in [-0.3, -0.25) is 9.69 Å². The van der Waals surface area contributed by atoms with E-state index < -0.39 is 5.97 Å². The van der Waals surface area contributed by atoms with Gasteiger partial charge in [-0.2, -0.15) is 0 Å². The first-order valence-electron chi connectivity index (χ1n) is 5.95. The highest BCUT2D eigenvalue weighted by atomic mass is 16.4. The van der Waals surface area contributed by atoms with Crippen molar-refractivity contribution in [3.8, 4) is 0 Å². The third kappa shape index (κ3) is 3.46. The lowest BCUT2D eigenvalue weighted by Crippen LogP contribution is -2.52. The first kappa shape index (κ1) is 13.5. The number of likely N-dealkylation sites (tertiary alicyclic amines) is 1. The molecule has 0 spiro atoms. The van der Waals surface area contributed by atoms with Gasteiger partial charge < -0.3 is 10.0 Å². The molecule has 0 aromatic rings. The fourth-order valence-corrected chi connectivity index (χ4v) is 2.39. The molecule has 0 amide bonds. The van der Waals surface area contributed by atoms with Gasteiger partial charge in [0, 0.05) is 18.6 Å². The molecule has 1 aliphatic rings. The van der Waals surface area contributed by atoms with Crippen molar-refractivity contribution >= 4 is 5.97 Å². The lowest BCUT2D eigenvalue weighted by molar-refractivity contribution is -0.145. The number of carbonyl (C=O) groups is 1. The molecule has 1 aliphatic heterocycles. The number of hydrogen-bond donors (Lipinski definition) is 1. The second-order valence-corrected chi connectivity index (χ2v) is 5.63. The average molecular weight is 228 g/mol. The lowest BCUT2D eigenvalue weighted by atomic mass is 9.82. The molecule has 1 rings (SSSR count). The van der Waals surface area contributed by atoms with Crippen LogP contribution in [0.1, 0.15) is 26.7 Å². The minimum absolute atomic E-state index is 0.0112. The Hall–Kier alpha value is -0.610. The van der Waals surface area contributed by atoms with Gasteiger partial charge in [-0.1, -0.05) is 0 Å². The monoisotopic (exact) mass is 228 g/mol. The Kier molecular flexibility index (Phi) is 4.33. The summed E-state index contributed by atoms with van der Waals surface area (Å²) in [7, 11) is 4.13. The quantitative estimate of drug-likeness (QED) is 0.783. The number of aliphatic carboxylic acids is 1. The highest BCUT2D eigenvalue weighted by Crippen LogP contribution is 2.31. The first-order valence-corrected chi connectivity index (χ1v) is 5.95. The number of carboxylic acids is 1. The van der Waals surface area contributed by atoms with Crippen molar-refractivity contribution in [1.29, 1.82) is 0 Å². The van der Waals surface area contributed by atoms with Gasteiger partial charge in [0.25, 0.3) is 0 Å². The van der Waals surface area contributed by atoms with E-state index in [0.29, 0.717) is 0 Å². The van der Waals surface area contributed by atoms with E-state index in [1.165, 1.54) is 0 Å². The molecule has 0 aliphatic carbocycles. The maximum Gasteiger partial charge on any atom is 0.306 e. The Labute approximate surface area is 98.2 Å². The molecule has 0 aromatic heterocycles. The van der Waals surface area contributed by atoms with Crippen LogP contribution in [0.5, 0.6) is 0 Å². The highest BCUT2D eigenvalue weighted by Gasteiger charge is 2.37. The minimum atomic E-state index is -0.639. The number of likely N-dealkylation sites (N-methyl/N-ethyl adjacent to an activating group) is 1. The van der Waals surface area contributed by atoms with Crippen LogP contribution in [0.3, 0.4) is 0 Å². The summed E-state index contributed by atoms with van der Waals surface area (Å²) in [5.41, 5.74) is 0.0112. The van der Waals surface area contributed by atoms with Crippen molar-refractivity contribution in [1.82, 2.24) is 9.80 Å². The third-order valence-corrected chi connectivity index (χ3v) is 3.52. The molecule has 1 saturated heterocycles. The number of nitrogens with zero attached hydrogens (tertiary/aromatic N) is 2. The maximum atomic E-state index is 11.0. The van der Waals surface area contributed by atoms with Crippen LogP contribution in [0.2, 0.25) is 0 Å². The van der Waals surface area contributed by atoms with E-state index >= 15 is 0 Å². The molecule has 16 heavy (non-hydrogen) atoms. The van der Waals surface area contributed by atoms with Gasteiger partial charge in [-0.05, 0) is 47.3 Å².